The molecule has 4 aromatic rings. The van der Waals surface area contributed by atoms with E-state index in [1.807, 2.05) is 12.1 Å². The first-order valence-corrected chi connectivity index (χ1v) is 8.20. The summed E-state index contributed by atoms with van der Waals surface area (Å²) in [7, 11) is 0. The van der Waals surface area contributed by atoms with E-state index < -0.39 is 11.7 Å². The van der Waals surface area contributed by atoms with E-state index in [0.29, 0.717) is 27.7 Å². The van der Waals surface area contributed by atoms with Gasteiger partial charge in [-0.1, -0.05) is 17.7 Å². The lowest BCUT2D eigenvalue weighted by Crippen LogP contribution is -2.11. The minimum atomic E-state index is -0.461. The van der Waals surface area contributed by atoms with E-state index in [-0.39, 0.29) is 5.56 Å². The van der Waals surface area contributed by atoms with E-state index in [9.17, 15) is 9.18 Å². The van der Waals surface area contributed by atoms with Crippen molar-refractivity contribution in [1.29, 1.82) is 0 Å². The van der Waals surface area contributed by atoms with Gasteiger partial charge in [0.1, 0.15) is 11.3 Å². The van der Waals surface area contributed by atoms with Crippen LogP contribution in [0.15, 0.2) is 71.1 Å². The van der Waals surface area contributed by atoms with Gasteiger partial charge < -0.3 is 9.73 Å². The molecule has 0 unspecified atom stereocenters. The summed E-state index contributed by atoms with van der Waals surface area (Å²) in [6.07, 6.45) is 0. The summed E-state index contributed by atoms with van der Waals surface area (Å²) in [4.78, 5) is 16.7. The third-order valence-electron chi connectivity index (χ3n) is 3.82. The summed E-state index contributed by atoms with van der Waals surface area (Å²) in [5.74, 6) is -0.396. The van der Waals surface area contributed by atoms with E-state index >= 15 is 0 Å². The quantitative estimate of drug-likeness (QED) is 0.518. The van der Waals surface area contributed by atoms with Crippen molar-refractivity contribution in [3.63, 3.8) is 0 Å². The van der Waals surface area contributed by atoms with Gasteiger partial charge in [0.25, 0.3) is 5.91 Å². The molecule has 0 radical (unpaired) electrons. The summed E-state index contributed by atoms with van der Waals surface area (Å²) in [5.41, 5.74) is 2.79. The number of oxazole rings is 1. The van der Waals surface area contributed by atoms with Crippen molar-refractivity contribution >= 4 is 34.3 Å². The number of carbonyl (C=O) groups is 1. The van der Waals surface area contributed by atoms with Crippen molar-refractivity contribution in [1.82, 2.24) is 4.98 Å². The van der Waals surface area contributed by atoms with Crippen molar-refractivity contribution in [2.75, 3.05) is 5.32 Å². The summed E-state index contributed by atoms with van der Waals surface area (Å²) < 4.78 is 19.0. The standard InChI is InChI=1S/C20H12ClFN2O2/c21-14-6-4-12(5-7-14)20-24-17-11-16(8-9-18(17)26-20)23-19(25)13-2-1-3-15(22)10-13/h1-11H,(H,23,25). The fourth-order valence-electron chi connectivity index (χ4n) is 2.55. The van der Waals surface area contributed by atoms with Crippen molar-refractivity contribution in [2.45, 2.75) is 0 Å². The fourth-order valence-corrected chi connectivity index (χ4v) is 2.68. The Bertz CT molecular complexity index is 1110. The van der Waals surface area contributed by atoms with Gasteiger partial charge in [0.05, 0.1) is 0 Å². The second-order valence-electron chi connectivity index (χ2n) is 5.67. The zero-order chi connectivity index (χ0) is 18.1. The number of carbonyl (C=O) groups excluding carboxylic acids is 1. The maximum absolute atomic E-state index is 13.3. The fraction of sp³-hybridized carbons (Fsp3) is 0. The highest BCUT2D eigenvalue weighted by Gasteiger charge is 2.11. The van der Waals surface area contributed by atoms with Gasteiger partial charge in [-0.3, -0.25) is 4.79 Å². The molecule has 0 aliphatic rings. The predicted octanol–water partition coefficient (Wildman–Crippen LogP) is 5.54. The lowest BCUT2D eigenvalue weighted by molar-refractivity contribution is 0.102. The van der Waals surface area contributed by atoms with Gasteiger partial charge in [-0.15, -0.1) is 0 Å². The molecule has 3 aromatic carbocycles. The highest BCUT2D eigenvalue weighted by atomic mass is 35.5. The van der Waals surface area contributed by atoms with Crippen LogP contribution >= 0.6 is 11.6 Å². The minimum Gasteiger partial charge on any atom is -0.436 e. The minimum absolute atomic E-state index is 0.243. The van der Waals surface area contributed by atoms with Crippen LogP contribution < -0.4 is 5.32 Å². The maximum Gasteiger partial charge on any atom is 0.255 e. The molecule has 0 atom stereocenters. The number of nitrogens with one attached hydrogen (secondary N) is 1. The van der Waals surface area contributed by atoms with E-state index in [1.165, 1.54) is 18.2 Å². The number of hydrogen-bond donors (Lipinski definition) is 1. The number of amides is 1. The Morgan fingerprint density at radius 2 is 1.85 bits per heavy atom. The molecule has 0 aliphatic heterocycles. The van der Waals surface area contributed by atoms with Crippen LogP contribution in [0, 0.1) is 5.82 Å². The molecule has 4 rings (SSSR count). The van der Waals surface area contributed by atoms with Crippen molar-refractivity contribution in [2.24, 2.45) is 0 Å². The zero-order valence-electron chi connectivity index (χ0n) is 13.4. The van der Waals surface area contributed by atoms with E-state index in [2.05, 4.69) is 10.3 Å². The van der Waals surface area contributed by atoms with Crippen LogP contribution in [0.2, 0.25) is 5.02 Å². The lowest BCUT2D eigenvalue weighted by atomic mass is 10.2. The Morgan fingerprint density at radius 1 is 1.04 bits per heavy atom. The van der Waals surface area contributed by atoms with Gasteiger partial charge in [0.15, 0.2) is 5.58 Å². The van der Waals surface area contributed by atoms with Crippen LogP contribution in [-0.4, -0.2) is 10.9 Å². The summed E-state index contributed by atoms with van der Waals surface area (Å²) in [6.45, 7) is 0. The van der Waals surface area contributed by atoms with E-state index in [4.69, 9.17) is 16.0 Å². The van der Waals surface area contributed by atoms with Crippen LogP contribution in [0.1, 0.15) is 10.4 Å². The van der Waals surface area contributed by atoms with Crippen molar-refractivity contribution < 1.29 is 13.6 Å². The number of nitrogens with zero attached hydrogens (tertiary/aromatic N) is 1. The number of fused-ring (bicyclic) bond motifs is 1. The van der Waals surface area contributed by atoms with Gasteiger partial charge in [0, 0.05) is 21.8 Å². The van der Waals surface area contributed by atoms with E-state index in [1.54, 1.807) is 36.4 Å². The molecule has 128 valence electrons. The third kappa shape index (κ3) is 3.30. The molecular weight excluding hydrogens is 355 g/mol. The normalized spacial score (nSPS) is 10.8. The zero-order valence-corrected chi connectivity index (χ0v) is 14.1. The molecule has 0 saturated heterocycles. The highest BCUT2D eigenvalue weighted by molar-refractivity contribution is 6.30. The molecule has 1 amide bonds. The Morgan fingerprint density at radius 3 is 2.62 bits per heavy atom. The number of benzene rings is 3. The van der Waals surface area contributed by atoms with Gasteiger partial charge in [-0.25, -0.2) is 9.37 Å². The molecule has 1 N–H and O–H groups in total. The molecule has 4 nitrogen and oxygen atoms in total. The Hall–Kier alpha value is -3.18. The third-order valence-corrected chi connectivity index (χ3v) is 4.08. The monoisotopic (exact) mass is 366 g/mol. The predicted molar refractivity (Wildman–Crippen MR) is 98.8 cm³/mol. The number of aromatic nitrogens is 1. The maximum atomic E-state index is 13.3. The highest BCUT2D eigenvalue weighted by Crippen LogP contribution is 2.27. The first-order valence-electron chi connectivity index (χ1n) is 7.82. The van der Waals surface area contributed by atoms with Crippen LogP contribution in [0.3, 0.4) is 0 Å². The summed E-state index contributed by atoms with van der Waals surface area (Å²) >= 11 is 5.89. The summed E-state index contributed by atoms with van der Waals surface area (Å²) in [6, 6.07) is 17.8. The van der Waals surface area contributed by atoms with E-state index in [0.717, 1.165) is 5.56 Å². The molecule has 1 heterocycles. The molecule has 0 fully saturated rings. The Kier molecular flexibility index (Phi) is 4.14. The topological polar surface area (TPSA) is 55.1 Å². The number of anilines is 1. The average Bonchev–Trinajstić information content (AvgIpc) is 3.05. The number of hydrogen-bond acceptors (Lipinski definition) is 3. The first-order chi connectivity index (χ1) is 12.6. The molecule has 6 heteroatoms. The second kappa shape index (κ2) is 6.61. The van der Waals surface area contributed by atoms with Crippen LogP contribution in [0.4, 0.5) is 10.1 Å². The molecule has 0 bridgehead atoms. The first kappa shape index (κ1) is 16.3. The molecule has 0 spiro atoms. The molecule has 26 heavy (non-hydrogen) atoms. The number of rotatable bonds is 3. The van der Waals surface area contributed by atoms with Crippen molar-refractivity contribution in [3.8, 4) is 11.5 Å². The SMILES string of the molecule is O=C(Nc1ccc2oc(-c3ccc(Cl)cc3)nc2c1)c1cccc(F)c1. The average molecular weight is 367 g/mol. The van der Waals surface area contributed by atoms with Gasteiger partial charge in [-0.2, -0.15) is 0 Å². The summed E-state index contributed by atoms with van der Waals surface area (Å²) in [5, 5.41) is 3.36. The van der Waals surface area contributed by atoms with Crippen molar-refractivity contribution in [3.05, 3.63) is 83.1 Å². The molecule has 0 aliphatic carbocycles. The largest absolute Gasteiger partial charge is 0.436 e. The van der Waals surface area contributed by atoms with Crippen LogP contribution in [-0.2, 0) is 0 Å². The van der Waals surface area contributed by atoms with Gasteiger partial charge in [-0.05, 0) is 60.7 Å². The van der Waals surface area contributed by atoms with Crippen LogP contribution in [0.5, 0.6) is 0 Å². The molecule has 1 aromatic heterocycles. The van der Waals surface area contributed by atoms with Gasteiger partial charge in [0.2, 0.25) is 5.89 Å². The lowest BCUT2D eigenvalue weighted by Gasteiger charge is -2.04. The van der Waals surface area contributed by atoms with Crippen LogP contribution in [0.25, 0.3) is 22.6 Å². The second-order valence-corrected chi connectivity index (χ2v) is 6.11. The number of halogens is 2. The smallest absolute Gasteiger partial charge is 0.255 e. The molecule has 0 saturated carbocycles. The molecular formula is C20H12ClFN2O2. The Balaban J connectivity index is 1.61. The Labute approximate surface area is 153 Å². The van der Waals surface area contributed by atoms with Gasteiger partial charge >= 0.3 is 0 Å².